The van der Waals surface area contributed by atoms with Gasteiger partial charge in [-0.1, -0.05) is 11.6 Å². The maximum absolute atomic E-state index is 12.8. The second-order valence-electron chi connectivity index (χ2n) is 2.64. The van der Waals surface area contributed by atoms with Crippen molar-refractivity contribution < 1.29 is 4.39 Å². The molecule has 2 rings (SSSR count). The van der Waals surface area contributed by atoms with Crippen LogP contribution < -0.4 is 5.32 Å². The van der Waals surface area contributed by atoms with Crippen molar-refractivity contribution in [2.75, 3.05) is 0 Å². The third-order valence-electron chi connectivity index (χ3n) is 1.87. The average Bonchev–Trinajstić information content (AvgIpc) is 2.36. The number of hydrogen-bond donors (Lipinski definition) is 1. The Morgan fingerprint density at radius 2 is 1.91 bits per heavy atom. The Hall–Kier alpha value is -0.600. The van der Waals surface area contributed by atoms with Crippen LogP contribution in [-0.4, -0.2) is 0 Å². The summed E-state index contributed by atoms with van der Waals surface area (Å²) in [4.78, 5) is 0. The molecule has 0 spiro atoms. The molecule has 1 aliphatic rings. The Bertz CT molecular complexity index is 269. The van der Waals surface area contributed by atoms with E-state index in [9.17, 15) is 4.39 Å². The standard InChI is InChI=1S/C8H7ClFN/c9-7-1-5-3-11-4-6(5)2-8(7)10/h1-2,11H,3-4H2. The molecule has 3 heteroatoms. The lowest BCUT2D eigenvalue weighted by atomic mass is 10.1. The molecule has 11 heavy (non-hydrogen) atoms. The lowest BCUT2D eigenvalue weighted by Gasteiger charge is -1.98. The van der Waals surface area contributed by atoms with Crippen molar-refractivity contribution in [3.63, 3.8) is 0 Å². The highest BCUT2D eigenvalue weighted by atomic mass is 35.5. The summed E-state index contributed by atoms with van der Waals surface area (Å²) in [6.07, 6.45) is 0. The number of hydrogen-bond acceptors (Lipinski definition) is 1. The van der Waals surface area contributed by atoms with Gasteiger partial charge in [-0.25, -0.2) is 4.39 Å². The summed E-state index contributed by atoms with van der Waals surface area (Å²) in [6, 6.07) is 3.18. The highest BCUT2D eigenvalue weighted by molar-refractivity contribution is 6.30. The molecule has 58 valence electrons. The smallest absolute Gasteiger partial charge is 0.142 e. The molecule has 0 fully saturated rings. The Labute approximate surface area is 69.2 Å². The van der Waals surface area contributed by atoms with Gasteiger partial charge in [0.2, 0.25) is 0 Å². The van der Waals surface area contributed by atoms with E-state index in [1.165, 1.54) is 6.07 Å². The van der Waals surface area contributed by atoms with Gasteiger partial charge in [0, 0.05) is 13.1 Å². The molecule has 0 amide bonds. The van der Waals surface area contributed by atoms with Gasteiger partial charge in [-0.3, -0.25) is 0 Å². The van der Waals surface area contributed by atoms with E-state index in [2.05, 4.69) is 5.32 Å². The van der Waals surface area contributed by atoms with E-state index in [1.807, 2.05) is 0 Å². The summed E-state index contributed by atoms with van der Waals surface area (Å²) < 4.78 is 12.8. The molecule has 0 bridgehead atoms. The zero-order valence-electron chi connectivity index (χ0n) is 5.82. The van der Waals surface area contributed by atoms with Gasteiger partial charge >= 0.3 is 0 Å². The summed E-state index contributed by atoms with van der Waals surface area (Å²) in [6.45, 7) is 1.55. The van der Waals surface area contributed by atoms with Crippen molar-refractivity contribution in [1.82, 2.24) is 5.32 Å². The molecule has 0 unspecified atom stereocenters. The zero-order chi connectivity index (χ0) is 7.84. The molecule has 1 aliphatic heterocycles. The first-order valence-electron chi connectivity index (χ1n) is 3.45. The van der Waals surface area contributed by atoms with Crippen LogP contribution >= 0.6 is 11.6 Å². The molecule has 1 heterocycles. The summed E-state index contributed by atoms with van der Waals surface area (Å²) in [5, 5.41) is 3.33. The lowest BCUT2D eigenvalue weighted by molar-refractivity contribution is 0.626. The van der Waals surface area contributed by atoms with E-state index in [0.29, 0.717) is 0 Å². The van der Waals surface area contributed by atoms with Gasteiger partial charge in [0.15, 0.2) is 0 Å². The average molecular weight is 172 g/mol. The predicted molar refractivity (Wildman–Crippen MR) is 42.0 cm³/mol. The van der Waals surface area contributed by atoms with Crippen LogP contribution in [0.25, 0.3) is 0 Å². The summed E-state index contributed by atoms with van der Waals surface area (Å²) in [5.41, 5.74) is 2.13. The topological polar surface area (TPSA) is 12.0 Å². The highest BCUT2D eigenvalue weighted by Gasteiger charge is 2.12. The van der Waals surface area contributed by atoms with Gasteiger partial charge in [-0.15, -0.1) is 0 Å². The fraction of sp³-hybridized carbons (Fsp3) is 0.250. The van der Waals surface area contributed by atoms with Gasteiger partial charge < -0.3 is 5.32 Å². The van der Waals surface area contributed by atoms with E-state index < -0.39 is 0 Å². The van der Waals surface area contributed by atoms with Gasteiger partial charge in [-0.05, 0) is 23.3 Å². The summed E-state index contributed by atoms with van der Waals surface area (Å²) in [7, 11) is 0. The van der Waals surface area contributed by atoms with Crippen molar-refractivity contribution in [3.8, 4) is 0 Å². The first-order chi connectivity index (χ1) is 5.27. The van der Waals surface area contributed by atoms with Crippen LogP contribution in [0.15, 0.2) is 12.1 Å². The van der Waals surface area contributed by atoms with Crippen LogP contribution in [0, 0.1) is 5.82 Å². The number of benzene rings is 1. The van der Waals surface area contributed by atoms with E-state index in [-0.39, 0.29) is 10.8 Å². The number of rotatable bonds is 0. The Kier molecular flexibility index (Phi) is 1.59. The largest absolute Gasteiger partial charge is 0.309 e. The van der Waals surface area contributed by atoms with Crippen LogP contribution in [-0.2, 0) is 13.1 Å². The molecule has 0 aliphatic carbocycles. The molecule has 1 N–H and O–H groups in total. The molecule has 1 aromatic carbocycles. The van der Waals surface area contributed by atoms with Crippen molar-refractivity contribution >= 4 is 11.6 Å². The van der Waals surface area contributed by atoms with Crippen LogP contribution in [0.3, 0.4) is 0 Å². The molecule has 1 nitrogen and oxygen atoms in total. The van der Waals surface area contributed by atoms with Gasteiger partial charge in [0.05, 0.1) is 5.02 Å². The van der Waals surface area contributed by atoms with Crippen molar-refractivity contribution in [2.24, 2.45) is 0 Å². The predicted octanol–water partition coefficient (Wildman–Crippen LogP) is 2.08. The summed E-state index contributed by atoms with van der Waals surface area (Å²) in [5.74, 6) is -0.325. The minimum Gasteiger partial charge on any atom is -0.309 e. The van der Waals surface area contributed by atoms with E-state index in [0.717, 1.165) is 24.2 Å². The van der Waals surface area contributed by atoms with E-state index in [4.69, 9.17) is 11.6 Å². The third kappa shape index (κ3) is 1.12. The first kappa shape index (κ1) is 7.07. The zero-order valence-corrected chi connectivity index (χ0v) is 6.58. The minimum atomic E-state index is -0.325. The second-order valence-corrected chi connectivity index (χ2v) is 3.05. The lowest BCUT2D eigenvalue weighted by Crippen LogP contribution is -1.99. The first-order valence-corrected chi connectivity index (χ1v) is 3.82. The van der Waals surface area contributed by atoms with Crippen molar-refractivity contribution in [3.05, 3.63) is 34.1 Å². The minimum absolute atomic E-state index is 0.215. The molecule has 0 saturated carbocycles. The Balaban J connectivity index is 2.57. The Morgan fingerprint density at radius 1 is 1.27 bits per heavy atom. The van der Waals surface area contributed by atoms with E-state index in [1.54, 1.807) is 6.07 Å². The monoisotopic (exact) mass is 171 g/mol. The quantitative estimate of drug-likeness (QED) is 0.630. The fourth-order valence-corrected chi connectivity index (χ4v) is 1.48. The summed E-state index contributed by atoms with van der Waals surface area (Å²) >= 11 is 5.59. The molecule has 0 radical (unpaired) electrons. The number of halogens is 2. The SMILES string of the molecule is Fc1cc2c(cc1Cl)CNC2. The maximum atomic E-state index is 12.8. The van der Waals surface area contributed by atoms with Gasteiger partial charge in [0.1, 0.15) is 5.82 Å². The van der Waals surface area contributed by atoms with E-state index >= 15 is 0 Å². The highest BCUT2D eigenvalue weighted by Crippen LogP contribution is 2.23. The van der Waals surface area contributed by atoms with Crippen molar-refractivity contribution in [2.45, 2.75) is 13.1 Å². The number of fused-ring (bicyclic) bond motifs is 1. The Morgan fingerprint density at radius 3 is 2.64 bits per heavy atom. The normalized spacial score (nSPS) is 15.1. The van der Waals surface area contributed by atoms with Gasteiger partial charge in [0.25, 0.3) is 0 Å². The van der Waals surface area contributed by atoms with Crippen LogP contribution in [0.1, 0.15) is 11.1 Å². The maximum Gasteiger partial charge on any atom is 0.142 e. The van der Waals surface area contributed by atoms with Crippen LogP contribution in [0.2, 0.25) is 5.02 Å². The molecule has 0 saturated heterocycles. The molecular weight excluding hydrogens is 165 g/mol. The molecular formula is C8H7ClFN. The van der Waals surface area contributed by atoms with Gasteiger partial charge in [-0.2, -0.15) is 0 Å². The third-order valence-corrected chi connectivity index (χ3v) is 2.16. The van der Waals surface area contributed by atoms with Crippen LogP contribution in [0.4, 0.5) is 4.39 Å². The molecule has 1 aromatic rings. The molecule has 0 atom stereocenters. The van der Waals surface area contributed by atoms with Crippen LogP contribution in [0.5, 0.6) is 0 Å². The molecule has 0 aromatic heterocycles. The fourth-order valence-electron chi connectivity index (χ4n) is 1.29. The number of nitrogens with one attached hydrogen (secondary N) is 1. The second kappa shape index (κ2) is 2.47. The van der Waals surface area contributed by atoms with Crippen molar-refractivity contribution in [1.29, 1.82) is 0 Å².